The van der Waals surface area contributed by atoms with E-state index in [2.05, 4.69) is 27.8 Å². The van der Waals surface area contributed by atoms with Crippen LogP contribution in [0.5, 0.6) is 0 Å². The number of carbonyl (C=O) groups is 1. The number of carbonyl (C=O) groups excluding carboxylic acids is 1. The molecule has 0 atom stereocenters. The van der Waals surface area contributed by atoms with E-state index in [1.165, 1.54) is 5.56 Å². The molecule has 0 aliphatic carbocycles. The molecule has 6 nitrogen and oxygen atoms in total. The minimum atomic E-state index is -0.0430. The van der Waals surface area contributed by atoms with Gasteiger partial charge >= 0.3 is 0 Å². The number of aromatic nitrogens is 4. The van der Waals surface area contributed by atoms with Gasteiger partial charge in [-0.2, -0.15) is 5.10 Å². The monoisotopic (exact) mass is 481 g/mol. The zero-order valence-corrected chi connectivity index (χ0v) is 20.4. The van der Waals surface area contributed by atoms with Gasteiger partial charge in [0.1, 0.15) is 5.65 Å². The van der Waals surface area contributed by atoms with Crippen LogP contribution in [0.3, 0.4) is 0 Å². The molecule has 5 aromatic rings. The van der Waals surface area contributed by atoms with Gasteiger partial charge in [0.2, 0.25) is 0 Å². The van der Waals surface area contributed by atoms with Crippen molar-refractivity contribution in [2.24, 2.45) is 0 Å². The number of aryl methyl sites for hydroxylation is 2. The van der Waals surface area contributed by atoms with Crippen molar-refractivity contribution >= 4 is 23.3 Å². The summed E-state index contributed by atoms with van der Waals surface area (Å²) in [5.74, 6) is 0.742. The van der Waals surface area contributed by atoms with Crippen LogP contribution in [0.4, 0.5) is 0 Å². The van der Waals surface area contributed by atoms with Crippen LogP contribution in [0.25, 0.3) is 11.3 Å². The maximum atomic E-state index is 12.6. The number of rotatable bonds is 9. The van der Waals surface area contributed by atoms with Crippen molar-refractivity contribution < 1.29 is 4.79 Å². The molecular formula is C28H27N5OS. The lowest BCUT2D eigenvalue weighted by Gasteiger charge is -2.06. The largest absolute Gasteiger partial charge is 0.352 e. The van der Waals surface area contributed by atoms with Gasteiger partial charge in [0.25, 0.3) is 5.91 Å². The molecule has 0 radical (unpaired) electrons. The van der Waals surface area contributed by atoms with Crippen molar-refractivity contribution in [3.63, 3.8) is 0 Å². The molecule has 0 unspecified atom stereocenters. The van der Waals surface area contributed by atoms with Crippen molar-refractivity contribution in [3.8, 4) is 5.69 Å². The number of hydrogen-bond acceptors (Lipinski definition) is 4. The van der Waals surface area contributed by atoms with Crippen LogP contribution in [0.15, 0.2) is 96.3 Å². The molecule has 1 amide bonds. The van der Waals surface area contributed by atoms with Gasteiger partial charge in [-0.15, -0.1) is 11.8 Å². The summed E-state index contributed by atoms with van der Waals surface area (Å²) in [5.41, 5.74) is 5.94. The SMILES string of the molecule is Cc1nn(-c2ccccc2)cc1CCCNC(=O)c1ccc(SCc2cn3ccccc3n2)cc1. The summed E-state index contributed by atoms with van der Waals surface area (Å²) in [5, 5.41) is 7.65. The Kier molecular flexibility index (Phi) is 6.95. The van der Waals surface area contributed by atoms with E-state index < -0.39 is 0 Å². The van der Waals surface area contributed by atoms with E-state index in [4.69, 9.17) is 0 Å². The average molecular weight is 482 g/mol. The Morgan fingerprint density at radius 1 is 0.971 bits per heavy atom. The number of benzene rings is 2. The molecule has 0 aliphatic rings. The van der Waals surface area contributed by atoms with Crippen LogP contribution in [0, 0.1) is 6.92 Å². The van der Waals surface area contributed by atoms with Gasteiger partial charge in [0.05, 0.1) is 17.1 Å². The molecule has 0 fully saturated rings. The molecule has 0 spiro atoms. The first kappa shape index (κ1) is 22.9. The van der Waals surface area contributed by atoms with Crippen molar-refractivity contribution in [3.05, 3.63) is 114 Å². The second-order valence-electron chi connectivity index (χ2n) is 8.39. The standard InChI is InChI=1S/C28H27N5OS/c1-21-23(18-33(31-21)25-9-3-2-4-10-25)8-7-16-29-28(34)22-12-14-26(15-13-22)35-20-24-19-32-17-6-5-11-27(32)30-24/h2-6,9-15,17-19H,7-8,16,20H2,1H3,(H,29,34). The highest BCUT2D eigenvalue weighted by atomic mass is 32.2. The Bertz CT molecular complexity index is 1390. The van der Waals surface area contributed by atoms with Crippen LogP contribution < -0.4 is 5.32 Å². The van der Waals surface area contributed by atoms with Gasteiger partial charge in [0.15, 0.2) is 0 Å². The fourth-order valence-corrected chi connectivity index (χ4v) is 4.74. The number of nitrogens with one attached hydrogen (secondary N) is 1. The van der Waals surface area contributed by atoms with Gasteiger partial charge in [-0.1, -0.05) is 24.3 Å². The Labute approximate surface area is 209 Å². The molecule has 2 aromatic carbocycles. The summed E-state index contributed by atoms with van der Waals surface area (Å²) in [6, 6.07) is 23.8. The van der Waals surface area contributed by atoms with Crippen LogP contribution in [-0.2, 0) is 12.2 Å². The topological polar surface area (TPSA) is 64.2 Å². The highest BCUT2D eigenvalue weighted by Crippen LogP contribution is 2.23. The maximum Gasteiger partial charge on any atom is 0.251 e. The molecule has 0 bridgehead atoms. The van der Waals surface area contributed by atoms with Gasteiger partial charge in [0, 0.05) is 41.3 Å². The number of thioether (sulfide) groups is 1. The van der Waals surface area contributed by atoms with Gasteiger partial charge < -0.3 is 9.72 Å². The lowest BCUT2D eigenvalue weighted by molar-refractivity contribution is 0.0953. The van der Waals surface area contributed by atoms with Crippen molar-refractivity contribution in [2.45, 2.75) is 30.4 Å². The van der Waals surface area contributed by atoms with Gasteiger partial charge in [-0.05, 0) is 73.9 Å². The van der Waals surface area contributed by atoms with E-state index in [1.54, 1.807) is 11.8 Å². The summed E-state index contributed by atoms with van der Waals surface area (Å²) in [4.78, 5) is 18.3. The Balaban J connectivity index is 1.08. The highest BCUT2D eigenvalue weighted by Gasteiger charge is 2.09. The first-order chi connectivity index (χ1) is 17.2. The Morgan fingerprint density at radius 3 is 2.57 bits per heavy atom. The summed E-state index contributed by atoms with van der Waals surface area (Å²) in [6.07, 6.45) is 7.87. The molecule has 0 aliphatic heterocycles. The molecule has 1 N–H and O–H groups in total. The van der Waals surface area contributed by atoms with E-state index >= 15 is 0 Å². The van der Waals surface area contributed by atoms with Gasteiger partial charge in [-0.25, -0.2) is 9.67 Å². The third-order valence-corrected chi connectivity index (χ3v) is 6.89. The minimum Gasteiger partial charge on any atom is -0.352 e. The second kappa shape index (κ2) is 10.6. The maximum absolute atomic E-state index is 12.6. The molecule has 0 saturated heterocycles. The van der Waals surface area contributed by atoms with Crippen molar-refractivity contribution in [2.75, 3.05) is 6.54 Å². The van der Waals surface area contributed by atoms with E-state index in [0.717, 1.165) is 46.2 Å². The minimum absolute atomic E-state index is 0.0430. The molecule has 7 heteroatoms. The van der Waals surface area contributed by atoms with E-state index in [0.29, 0.717) is 12.1 Å². The normalized spacial score (nSPS) is 11.1. The average Bonchev–Trinajstić information content (AvgIpc) is 3.49. The van der Waals surface area contributed by atoms with E-state index in [-0.39, 0.29) is 5.91 Å². The predicted octanol–water partition coefficient (Wildman–Crippen LogP) is 5.48. The predicted molar refractivity (Wildman–Crippen MR) is 140 cm³/mol. The molecule has 3 heterocycles. The molecule has 35 heavy (non-hydrogen) atoms. The summed E-state index contributed by atoms with van der Waals surface area (Å²) in [7, 11) is 0. The zero-order chi connectivity index (χ0) is 24.0. The first-order valence-corrected chi connectivity index (χ1v) is 12.7. The van der Waals surface area contributed by atoms with Crippen LogP contribution >= 0.6 is 11.8 Å². The number of imidazole rings is 1. The number of fused-ring (bicyclic) bond motifs is 1. The highest BCUT2D eigenvalue weighted by molar-refractivity contribution is 7.98. The molecule has 0 saturated carbocycles. The number of nitrogens with zero attached hydrogens (tertiary/aromatic N) is 4. The Hall–Kier alpha value is -3.84. The van der Waals surface area contributed by atoms with Gasteiger partial charge in [-0.3, -0.25) is 4.79 Å². The fraction of sp³-hybridized carbons (Fsp3) is 0.179. The number of para-hydroxylation sites is 1. The number of pyridine rings is 1. The quantitative estimate of drug-likeness (QED) is 0.224. The second-order valence-corrected chi connectivity index (χ2v) is 9.44. The van der Waals surface area contributed by atoms with E-state index in [1.807, 2.05) is 95.0 Å². The van der Waals surface area contributed by atoms with Crippen LogP contribution in [0.1, 0.15) is 33.7 Å². The lowest BCUT2D eigenvalue weighted by Crippen LogP contribution is -2.24. The smallest absolute Gasteiger partial charge is 0.251 e. The molecular weight excluding hydrogens is 454 g/mol. The molecule has 176 valence electrons. The third kappa shape index (κ3) is 5.63. The molecule has 3 aromatic heterocycles. The summed E-state index contributed by atoms with van der Waals surface area (Å²) < 4.78 is 3.94. The lowest BCUT2D eigenvalue weighted by atomic mass is 10.1. The van der Waals surface area contributed by atoms with Crippen molar-refractivity contribution in [1.29, 1.82) is 0 Å². The van der Waals surface area contributed by atoms with E-state index in [9.17, 15) is 4.79 Å². The van der Waals surface area contributed by atoms with Crippen molar-refractivity contribution in [1.82, 2.24) is 24.5 Å². The summed E-state index contributed by atoms with van der Waals surface area (Å²) >= 11 is 1.71. The van der Waals surface area contributed by atoms with Crippen LogP contribution in [0.2, 0.25) is 0 Å². The fourth-order valence-electron chi connectivity index (χ4n) is 3.95. The van der Waals surface area contributed by atoms with Crippen LogP contribution in [-0.4, -0.2) is 31.6 Å². The summed E-state index contributed by atoms with van der Waals surface area (Å²) in [6.45, 7) is 2.65. The number of hydrogen-bond donors (Lipinski definition) is 1. The first-order valence-electron chi connectivity index (χ1n) is 11.7. The number of amides is 1. The zero-order valence-electron chi connectivity index (χ0n) is 19.6. The molecule has 5 rings (SSSR count). The Morgan fingerprint density at radius 2 is 1.77 bits per heavy atom. The third-order valence-electron chi connectivity index (χ3n) is 5.85.